The van der Waals surface area contributed by atoms with Crippen molar-refractivity contribution in [2.45, 2.75) is 32.9 Å². The molecule has 0 bridgehead atoms. The second kappa shape index (κ2) is 5.92. The van der Waals surface area contributed by atoms with Crippen LogP contribution in [-0.2, 0) is 16.4 Å². The van der Waals surface area contributed by atoms with E-state index >= 15 is 0 Å². The molecular formula is C14H21NO3S. The van der Waals surface area contributed by atoms with E-state index in [0.29, 0.717) is 6.42 Å². The number of rotatable bonds is 5. The monoisotopic (exact) mass is 283 g/mol. The van der Waals surface area contributed by atoms with Crippen molar-refractivity contribution in [2.75, 3.05) is 18.1 Å². The summed E-state index contributed by atoms with van der Waals surface area (Å²) in [6, 6.07) is 6.02. The zero-order valence-corrected chi connectivity index (χ0v) is 12.3. The van der Waals surface area contributed by atoms with E-state index in [1.165, 1.54) is 0 Å². The Bertz CT molecular complexity index is 540. The van der Waals surface area contributed by atoms with Crippen molar-refractivity contribution in [3.63, 3.8) is 0 Å². The zero-order valence-electron chi connectivity index (χ0n) is 11.5. The number of hydrogen-bond donors (Lipinski definition) is 1. The molecule has 1 aromatic carbocycles. The largest absolute Gasteiger partial charge is 0.489 e. The molecular weight excluding hydrogens is 262 g/mol. The maximum absolute atomic E-state index is 11.5. The number of para-hydroxylation sites is 1. The number of benzene rings is 1. The quantitative estimate of drug-likeness (QED) is 0.893. The van der Waals surface area contributed by atoms with Crippen LogP contribution in [0.1, 0.15) is 24.5 Å². The first-order valence-electron chi connectivity index (χ1n) is 6.68. The summed E-state index contributed by atoms with van der Waals surface area (Å²) in [6.45, 7) is 5.69. The molecule has 0 saturated carbocycles. The molecule has 0 aliphatic carbocycles. The predicted molar refractivity (Wildman–Crippen MR) is 76.2 cm³/mol. The van der Waals surface area contributed by atoms with E-state index in [0.717, 1.165) is 30.0 Å². The lowest BCUT2D eigenvalue weighted by molar-refractivity contribution is 0.224. The maximum atomic E-state index is 11.5. The van der Waals surface area contributed by atoms with E-state index in [-0.39, 0.29) is 17.6 Å². The van der Waals surface area contributed by atoms with Gasteiger partial charge >= 0.3 is 0 Å². The molecule has 106 valence electrons. The number of nitrogens with one attached hydrogen (secondary N) is 1. The zero-order chi connectivity index (χ0) is 13.9. The summed E-state index contributed by atoms with van der Waals surface area (Å²) in [5.74, 6) is 1.22. The summed E-state index contributed by atoms with van der Waals surface area (Å²) in [7, 11) is -2.90. The van der Waals surface area contributed by atoms with Crippen LogP contribution in [-0.4, -0.2) is 32.6 Å². The molecule has 1 saturated heterocycles. The molecule has 1 heterocycles. The van der Waals surface area contributed by atoms with Crippen molar-refractivity contribution >= 4 is 9.84 Å². The van der Waals surface area contributed by atoms with Crippen molar-refractivity contribution in [3.05, 3.63) is 29.3 Å². The molecule has 0 radical (unpaired) electrons. The molecule has 0 amide bonds. The Morgan fingerprint density at radius 2 is 2.21 bits per heavy atom. The van der Waals surface area contributed by atoms with Crippen LogP contribution in [0.5, 0.6) is 5.75 Å². The van der Waals surface area contributed by atoms with Gasteiger partial charge in [-0.1, -0.05) is 25.1 Å². The van der Waals surface area contributed by atoms with E-state index < -0.39 is 9.84 Å². The Kier molecular flexibility index (Phi) is 4.47. The van der Waals surface area contributed by atoms with Crippen LogP contribution in [0.25, 0.3) is 0 Å². The lowest BCUT2D eigenvalue weighted by Gasteiger charge is -2.18. The molecule has 1 aliphatic heterocycles. The van der Waals surface area contributed by atoms with Gasteiger partial charge in [0.15, 0.2) is 9.84 Å². The molecule has 1 unspecified atom stereocenters. The van der Waals surface area contributed by atoms with E-state index in [2.05, 4.69) is 12.2 Å². The van der Waals surface area contributed by atoms with E-state index in [4.69, 9.17) is 4.74 Å². The second-order valence-electron chi connectivity index (χ2n) is 4.99. The summed E-state index contributed by atoms with van der Waals surface area (Å²) in [4.78, 5) is 0. The fourth-order valence-electron chi connectivity index (χ4n) is 2.30. The highest BCUT2D eigenvalue weighted by Gasteiger charge is 2.30. The molecule has 1 fully saturated rings. The minimum atomic E-state index is -2.90. The summed E-state index contributed by atoms with van der Waals surface area (Å²) in [5.41, 5.74) is 2.14. The van der Waals surface area contributed by atoms with Gasteiger partial charge in [0, 0.05) is 12.1 Å². The standard InChI is InChI=1S/C14H21NO3S/c1-3-15-9-12-6-4-5-11(2)14(12)18-13-7-8-19(16,17)10-13/h4-6,13,15H,3,7-10H2,1-2H3. The molecule has 1 atom stereocenters. The first-order chi connectivity index (χ1) is 9.02. The number of aryl methyl sites for hydroxylation is 1. The Balaban J connectivity index is 2.15. The fraction of sp³-hybridized carbons (Fsp3) is 0.571. The van der Waals surface area contributed by atoms with Crippen LogP contribution >= 0.6 is 0 Å². The van der Waals surface area contributed by atoms with Crippen LogP contribution in [0, 0.1) is 6.92 Å². The lowest BCUT2D eigenvalue weighted by atomic mass is 10.1. The predicted octanol–water partition coefficient (Wildman–Crippen LogP) is 1.67. The summed E-state index contributed by atoms with van der Waals surface area (Å²) in [6.07, 6.45) is 0.392. The number of hydrogen-bond acceptors (Lipinski definition) is 4. The van der Waals surface area contributed by atoms with Gasteiger partial charge in [0.05, 0.1) is 11.5 Å². The molecule has 4 nitrogen and oxygen atoms in total. The van der Waals surface area contributed by atoms with Crippen molar-refractivity contribution in [2.24, 2.45) is 0 Å². The van der Waals surface area contributed by atoms with Crippen LogP contribution in [0.2, 0.25) is 0 Å². The molecule has 0 spiro atoms. The molecule has 19 heavy (non-hydrogen) atoms. The Morgan fingerprint density at radius 3 is 2.84 bits per heavy atom. The number of sulfone groups is 1. The smallest absolute Gasteiger partial charge is 0.154 e. The Labute approximate surface area is 115 Å². The van der Waals surface area contributed by atoms with Crippen LogP contribution in [0.15, 0.2) is 18.2 Å². The van der Waals surface area contributed by atoms with Crippen molar-refractivity contribution < 1.29 is 13.2 Å². The van der Waals surface area contributed by atoms with Crippen LogP contribution in [0.3, 0.4) is 0 Å². The third kappa shape index (κ3) is 3.70. The molecule has 1 N–H and O–H groups in total. The van der Waals surface area contributed by atoms with Gasteiger partial charge in [0.1, 0.15) is 11.9 Å². The Hall–Kier alpha value is -1.07. The van der Waals surface area contributed by atoms with Gasteiger partial charge in [-0.2, -0.15) is 0 Å². The topological polar surface area (TPSA) is 55.4 Å². The average Bonchev–Trinajstić information content (AvgIpc) is 2.69. The first kappa shape index (κ1) is 14.3. The lowest BCUT2D eigenvalue weighted by Crippen LogP contribution is -2.20. The van der Waals surface area contributed by atoms with E-state index in [9.17, 15) is 8.42 Å². The minimum Gasteiger partial charge on any atom is -0.489 e. The highest BCUT2D eigenvalue weighted by atomic mass is 32.2. The molecule has 5 heteroatoms. The third-order valence-corrected chi connectivity index (χ3v) is 5.07. The molecule has 0 aromatic heterocycles. The third-order valence-electron chi connectivity index (χ3n) is 3.33. The van der Waals surface area contributed by atoms with Crippen molar-refractivity contribution in [1.29, 1.82) is 0 Å². The SMILES string of the molecule is CCNCc1cccc(C)c1OC1CCS(=O)(=O)C1. The second-order valence-corrected chi connectivity index (χ2v) is 7.22. The van der Waals surface area contributed by atoms with Gasteiger partial charge in [0.2, 0.25) is 0 Å². The summed E-state index contributed by atoms with van der Waals surface area (Å²) in [5, 5.41) is 3.28. The average molecular weight is 283 g/mol. The first-order valence-corrected chi connectivity index (χ1v) is 8.50. The van der Waals surface area contributed by atoms with Crippen molar-refractivity contribution in [3.8, 4) is 5.75 Å². The summed E-state index contributed by atoms with van der Waals surface area (Å²) < 4.78 is 28.9. The molecule has 1 aromatic rings. The molecule has 1 aliphatic rings. The fourth-order valence-corrected chi connectivity index (χ4v) is 3.89. The van der Waals surface area contributed by atoms with E-state index in [1.807, 2.05) is 25.1 Å². The number of ether oxygens (including phenoxy) is 1. The van der Waals surface area contributed by atoms with Gasteiger partial charge < -0.3 is 10.1 Å². The highest BCUT2D eigenvalue weighted by molar-refractivity contribution is 7.91. The van der Waals surface area contributed by atoms with Gasteiger partial charge in [-0.3, -0.25) is 0 Å². The molecule has 2 rings (SSSR count). The van der Waals surface area contributed by atoms with Crippen molar-refractivity contribution in [1.82, 2.24) is 5.32 Å². The van der Waals surface area contributed by atoms with Crippen LogP contribution < -0.4 is 10.1 Å². The normalized spacial score (nSPS) is 21.5. The summed E-state index contributed by atoms with van der Waals surface area (Å²) >= 11 is 0. The Morgan fingerprint density at radius 1 is 1.42 bits per heavy atom. The van der Waals surface area contributed by atoms with Gasteiger partial charge in [0.25, 0.3) is 0 Å². The van der Waals surface area contributed by atoms with Gasteiger partial charge in [-0.05, 0) is 25.5 Å². The minimum absolute atomic E-state index is 0.141. The van der Waals surface area contributed by atoms with E-state index in [1.54, 1.807) is 0 Å². The highest BCUT2D eigenvalue weighted by Crippen LogP contribution is 2.27. The van der Waals surface area contributed by atoms with Gasteiger partial charge in [-0.15, -0.1) is 0 Å². The van der Waals surface area contributed by atoms with Crippen LogP contribution in [0.4, 0.5) is 0 Å². The van der Waals surface area contributed by atoms with Gasteiger partial charge in [-0.25, -0.2) is 8.42 Å². The maximum Gasteiger partial charge on any atom is 0.154 e.